The molecule has 1 atom stereocenters. The van der Waals surface area contributed by atoms with Gasteiger partial charge < -0.3 is 14.2 Å². The Hall–Kier alpha value is -3.24. The Bertz CT molecular complexity index is 1280. The first kappa shape index (κ1) is 21.6. The summed E-state index contributed by atoms with van der Waals surface area (Å²) in [6.07, 6.45) is 3.68. The molecule has 1 aromatic heterocycles. The summed E-state index contributed by atoms with van der Waals surface area (Å²) in [5.74, 6) is 1.39. The molecule has 0 radical (unpaired) electrons. The van der Waals surface area contributed by atoms with E-state index in [0.717, 1.165) is 37.4 Å². The number of carbonyl (C=O) groups excluding carboxylic acids is 1. The summed E-state index contributed by atoms with van der Waals surface area (Å²) in [5, 5.41) is 1.97. The molecule has 1 unspecified atom stereocenters. The van der Waals surface area contributed by atoms with Crippen LogP contribution in [0.5, 0.6) is 5.75 Å². The number of aromatic nitrogens is 1. The average Bonchev–Trinajstić information content (AvgIpc) is 3.46. The fourth-order valence-corrected chi connectivity index (χ4v) is 4.95. The molecule has 0 N–H and O–H groups in total. The van der Waals surface area contributed by atoms with Gasteiger partial charge in [0, 0.05) is 47.7 Å². The van der Waals surface area contributed by atoms with Crippen molar-refractivity contribution in [3.63, 3.8) is 0 Å². The number of ether oxygens (including phenoxy) is 1. The molecule has 1 aliphatic rings. The van der Waals surface area contributed by atoms with Crippen LogP contribution >= 0.6 is 11.6 Å². The highest BCUT2D eigenvalue weighted by molar-refractivity contribution is 6.30. The summed E-state index contributed by atoms with van der Waals surface area (Å²) in [5.41, 5.74) is 4.76. The van der Waals surface area contributed by atoms with Crippen molar-refractivity contribution in [2.45, 2.75) is 25.3 Å². The number of benzene rings is 3. The van der Waals surface area contributed by atoms with Crippen molar-refractivity contribution < 1.29 is 9.53 Å². The first-order valence-corrected chi connectivity index (χ1v) is 11.7. The largest absolute Gasteiger partial charge is 0.497 e. The van der Waals surface area contributed by atoms with Gasteiger partial charge in [-0.05, 0) is 53.4 Å². The van der Waals surface area contributed by atoms with E-state index in [0.29, 0.717) is 17.4 Å². The zero-order valence-electron chi connectivity index (χ0n) is 18.7. The molecule has 3 aromatic carbocycles. The van der Waals surface area contributed by atoms with Crippen LogP contribution < -0.4 is 4.74 Å². The van der Waals surface area contributed by atoms with Crippen LogP contribution in [0.2, 0.25) is 5.02 Å². The van der Waals surface area contributed by atoms with Gasteiger partial charge >= 0.3 is 0 Å². The molecule has 4 nitrogen and oxygen atoms in total. The van der Waals surface area contributed by atoms with Crippen LogP contribution in [0.3, 0.4) is 0 Å². The van der Waals surface area contributed by atoms with Crippen LogP contribution in [0.1, 0.15) is 29.0 Å². The highest BCUT2D eigenvalue weighted by atomic mass is 35.5. The predicted molar refractivity (Wildman–Crippen MR) is 133 cm³/mol. The number of amides is 1. The van der Waals surface area contributed by atoms with Gasteiger partial charge in [0.15, 0.2) is 0 Å². The van der Waals surface area contributed by atoms with Crippen molar-refractivity contribution in [3.05, 3.63) is 101 Å². The number of carbonyl (C=O) groups is 1. The lowest BCUT2D eigenvalue weighted by Crippen LogP contribution is -2.29. The lowest BCUT2D eigenvalue weighted by atomic mass is 9.98. The van der Waals surface area contributed by atoms with E-state index in [1.165, 1.54) is 22.0 Å². The molecule has 1 fully saturated rings. The topological polar surface area (TPSA) is 34.5 Å². The van der Waals surface area contributed by atoms with Crippen molar-refractivity contribution in [2.75, 3.05) is 20.2 Å². The number of hydrogen-bond acceptors (Lipinski definition) is 2. The van der Waals surface area contributed by atoms with E-state index in [1.54, 1.807) is 7.11 Å². The van der Waals surface area contributed by atoms with Gasteiger partial charge in [0.2, 0.25) is 5.91 Å². The molecule has 2 heterocycles. The minimum atomic E-state index is 0.181. The Balaban J connectivity index is 1.35. The Labute approximate surface area is 199 Å². The zero-order chi connectivity index (χ0) is 22.8. The first-order valence-electron chi connectivity index (χ1n) is 11.3. The van der Waals surface area contributed by atoms with E-state index in [4.69, 9.17) is 16.3 Å². The molecule has 1 aliphatic heterocycles. The highest BCUT2D eigenvalue weighted by Crippen LogP contribution is 2.34. The second kappa shape index (κ2) is 9.32. The minimum Gasteiger partial charge on any atom is -0.497 e. The number of likely N-dealkylation sites (tertiary alicyclic amines) is 1. The van der Waals surface area contributed by atoms with Crippen LogP contribution in [-0.4, -0.2) is 35.6 Å². The van der Waals surface area contributed by atoms with Crippen LogP contribution in [0.4, 0.5) is 0 Å². The number of hydrogen-bond donors (Lipinski definition) is 0. The molecule has 0 bridgehead atoms. The van der Waals surface area contributed by atoms with Gasteiger partial charge in [-0.1, -0.05) is 54.1 Å². The molecule has 0 saturated carbocycles. The summed E-state index contributed by atoms with van der Waals surface area (Å²) in [6, 6.07) is 24.3. The van der Waals surface area contributed by atoms with Gasteiger partial charge in [-0.3, -0.25) is 4.79 Å². The Morgan fingerprint density at radius 2 is 1.85 bits per heavy atom. The van der Waals surface area contributed by atoms with Gasteiger partial charge in [-0.2, -0.15) is 0 Å². The van der Waals surface area contributed by atoms with Crippen LogP contribution in [0, 0.1) is 0 Å². The Kier molecular flexibility index (Phi) is 6.10. The highest BCUT2D eigenvalue weighted by Gasteiger charge is 2.29. The molecular weight excluding hydrogens is 432 g/mol. The first-order chi connectivity index (χ1) is 16.1. The standard InChI is InChI=1S/C28H27ClN2O2/c1-33-24-6-4-5-21(15-24)17-31-19-26(25-7-2-3-8-27(25)31)22-13-14-30(18-22)28(32)16-20-9-11-23(29)12-10-20/h2-12,15,19,22H,13-14,16-18H2,1H3. The third-order valence-corrected chi connectivity index (χ3v) is 6.81. The maximum Gasteiger partial charge on any atom is 0.227 e. The van der Waals surface area contributed by atoms with E-state index in [-0.39, 0.29) is 5.91 Å². The predicted octanol–water partition coefficient (Wildman–Crippen LogP) is 5.91. The smallest absolute Gasteiger partial charge is 0.227 e. The van der Waals surface area contributed by atoms with Gasteiger partial charge in [-0.25, -0.2) is 0 Å². The number of methoxy groups -OCH3 is 1. The molecule has 0 aliphatic carbocycles. The van der Waals surface area contributed by atoms with E-state index in [9.17, 15) is 4.79 Å². The van der Waals surface area contributed by atoms with Crippen molar-refractivity contribution in [1.82, 2.24) is 9.47 Å². The number of fused-ring (bicyclic) bond motifs is 1. The van der Waals surface area contributed by atoms with Crippen molar-refractivity contribution >= 4 is 28.4 Å². The molecule has 5 heteroatoms. The van der Waals surface area contributed by atoms with E-state index < -0.39 is 0 Å². The van der Waals surface area contributed by atoms with E-state index >= 15 is 0 Å². The zero-order valence-corrected chi connectivity index (χ0v) is 19.5. The molecule has 5 rings (SSSR count). The van der Waals surface area contributed by atoms with Gasteiger partial charge in [0.05, 0.1) is 13.5 Å². The minimum absolute atomic E-state index is 0.181. The van der Waals surface area contributed by atoms with Crippen molar-refractivity contribution in [3.8, 4) is 5.75 Å². The third kappa shape index (κ3) is 4.62. The summed E-state index contributed by atoms with van der Waals surface area (Å²) in [6.45, 7) is 2.34. The Morgan fingerprint density at radius 1 is 1.03 bits per heavy atom. The van der Waals surface area contributed by atoms with Gasteiger partial charge in [0.25, 0.3) is 0 Å². The molecule has 1 amide bonds. The summed E-state index contributed by atoms with van der Waals surface area (Å²) in [7, 11) is 1.70. The number of nitrogens with zero attached hydrogens (tertiary/aromatic N) is 2. The average molecular weight is 459 g/mol. The van der Waals surface area contributed by atoms with Crippen LogP contribution in [0.15, 0.2) is 79.0 Å². The number of para-hydroxylation sites is 1. The molecule has 33 heavy (non-hydrogen) atoms. The lowest BCUT2D eigenvalue weighted by Gasteiger charge is -2.16. The van der Waals surface area contributed by atoms with Crippen molar-refractivity contribution in [1.29, 1.82) is 0 Å². The fourth-order valence-electron chi connectivity index (χ4n) is 4.83. The second-order valence-electron chi connectivity index (χ2n) is 8.71. The van der Waals surface area contributed by atoms with E-state index in [2.05, 4.69) is 47.2 Å². The Morgan fingerprint density at radius 3 is 2.67 bits per heavy atom. The fraction of sp³-hybridized carbons (Fsp3) is 0.250. The quantitative estimate of drug-likeness (QED) is 0.360. The molecule has 168 valence electrons. The summed E-state index contributed by atoms with van der Waals surface area (Å²) in [4.78, 5) is 14.9. The summed E-state index contributed by atoms with van der Waals surface area (Å²) < 4.78 is 7.71. The van der Waals surface area contributed by atoms with Crippen LogP contribution in [-0.2, 0) is 17.8 Å². The van der Waals surface area contributed by atoms with E-state index in [1.807, 2.05) is 41.3 Å². The maximum atomic E-state index is 12.9. The number of rotatable bonds is 6. The molecule has 4 aromatic rings. The third-order valence-electron chi connectivity index (χ3n) is 6.56. The second-order valence-corrected chi connectivity index (χ2v) is 9.15. The normalized spacial score (nSPS) is 15.8. The van der Waals surface area contributed by atoms with Gasteiger partial charge in [-0.15, -0.1) is 0 Å². The maximum absolute atomic E-state index is 12.9. The molecular formula is C28H27ClN2O2. The SMILES string of the molecule is COc1cccc(Cn2cc(C3CCN(C(=O)Cc4ccc(Cl)cc4)C3)c3ccccc32)c1. The monoisotopic (exact) mass is 458 g/mol. The lowest BCUT2D eigenvalue weighted by molar-refractivity contribution is -0.129. The van der Waals surface area contributed by atoms with Gasteiger partial charge in [0.1, 0.15) is 5.75 Å². The summed E-state index contributed by atoms with van der Waals surface area (Å²) >= 11 is 5.97. The van der Waals surface area contributed by atoms with Crippen LogP contribution in [0.25, 0.3) is 10.9 Å². The van der Waals surface area contributed by atoms with Crippen molar-refractivity contribution in [2.24, 2.45) is 0 Å². The number of halogens is 1. The molecule has 0 spiro atoms. The molecule has 1 saturated heterocycles.